The first-order chi connectivity index (χ1) is 6.65. The Bertz CT molecular complexity index is 379. The minimum absolute atomic E-state index is 0.257. The maximum atomic E-state index is 5.93. The topological polar surface area (TPSA) is 38.9 Å². The number of nitrogens with two attached hydrogens (primary N) is 1. The Balaban J connectivity index is 2.88. The molecule has 0 aliphatic heterocycles. The SMILES string of the molecule is CC#CCC(N)c1ncc(Cl)cc1Cl. The van der Waals surface area contributed by atoms with Gasteiger partial charge in [0.15, 0.2) is 0 Å². The third-order valence-corrected chi connectivity index (χ3v) is 2.20. The number of pyridine rings is 1. The van der Waals surface area contributed by atoms with E-state index >= 15 is 0 Å². The summed E-state index contributed by atoms with van der Waals surface area (Å²) in [5.41, 5.74) is 6.48. The molecule has 0 bridgehead atoms. The summed E-state index contributed by atoms with van der Waals surface area (Å²) in [4.78, 5) is 4.07. The molecule has 0 fully saturated rings. The van der Waals surface area contributed by atoms with Gasteiger partial charge in [-0.2, -0.15) is 0 Å². The standard InChI is InChI=1S/C10H10Cl2N2/c1-2-3-4-9(13)10-8(12)5-7(11)6-14-10/h5-6,9H,4,13H2,1H3. The Kier molecular flexibility index (Phi) is 4.21. The lowest BCUT2D eigenvalue weighted by atomic mass is 10.1. The van der Waals surface area contributed by atoms with Crippen molar-refractivity contribution in [1.82, 2.24) is 4.98 Å². The highest BCUT2D eigenvalue weighted by Crippen LogP contribution is 2.23. The molecule has 1 aromatic heterocycles. The van der Waals surface area contributed by atoms with Crippen molar-refractivity contribution in [2.45, 2.75) is 19.4 Å². The molecule has 2 nitrogen and oxygen atoms in total. The fraction of sp³-hybridized carbons (Fsp3) is 0.300. The Morgan fingerprint density at radius 3 is 2.86 bits per heavy atom. The van der Waals surface area contributed by atoms with Crippen LogP contribution >= 0.6 is 23.2 Å². The first-order valence-electron chi connectivity index (χ1n) is 4.11. The number of nitrogens with zero attached hydrogens (tertiary/aromatic N) is 1. The van der Waals surface area contributed by atoms with Crippen LogP contribution in [0, 0.1) is 11.8 Å². The lowest BCUT2D eigenvalue weighted by Gasteiger charge is -2.09. The van der Waals surface area contributed by atoms with Crippen molar-refractivity contribution in [3.63, 3.8) is 0 Å². The van der Waals surface area contributed by atoms with Crippen LogP contribution in [0.4, 0.5) is 0 Å². The number of halogens is 2. The summed E-state index contributed by atoms with van der Waals surface area (Å²) >= 11 is 11.6. The van der Waals surface area contributed by atoms with E-state index in [1.165, 1.54) is 6.20 Å². The van der Waals surface area contributed by atoms with Gasteiger partial charge in [0.2, 0.25) is 0 Å². The third-order valence-electron chi connectivity index (χ3n) is 1.69. The molecule has 0 spiro atoms. The van der Waals surface area contributed by atoms with E-state index in [0.717, 1.165) is 0 Å². The summed E-state index contributed by atoms with van der Waals surface area (Å²) in [6.07, 6.45) is 2.08. The summed E-state index contributed by atoms with van der Waals surface area (Å²) in [7, 11) is 0. The number of hydrogen-bond donors (Lipinski definition) is 1. The number of rotatable bonds is 2. The van der Waals surface area contributed by atoms with Gasteiger partial charge in [0, 0.05) is 12.6 Å². The monoisotopic (exact) mass is 228 g/mol. The minimum atomic E-state index is -0.257. The van der Waals surface area contributed by atoms with Gasteiger partial charge in [-0.1, -0.05) is 23.2 Å². The molecule has 1 aromatic rings. The molecule has 1 heterocycles. The van der Waals surface area contributed by atoms with Crippen molar-refractivity contribution in [3.8, 4) is 11.8 Å². The van der Waals surface area contributed by atoms with Crippen molar-refractivity contribution < 1.29 is 0 Å². The van der Waals surface area contributed by atoms with Crippen molar-refractivity contribution in [3.05, 3.63) is 28.0 Å². The highest BCUT2D eigenvalue weighted by atomic mass is 35.5. The van der Waals surface area contributed by atoms with Crippen molar-refractivity contribution in [1.29, 1.82) is 0 Å². The summed E-state index contributed by atoms with van der Waals surface area (Å²) in [5.74, 6) is 5.65. The molecule has 14 heavy (non-hydrogen) atoms. The molecule has 1 unspecified atom stereocenters. The van der Waals surface area contributed by atoms with Crippen LogP contribution in [0.25, 0.3) is 0 Å². The van der Waals surface area contributed by atoms with Crippen LogP contribution in [0.5, 0.6) is 0 Å². The summed E-state index contributed by atoms with van der Waals surface area (Å²) in [6.45, 7) is 1.77. The van der Waals surface area contributed by atoms with Crippen molar-refractivity contribution in [2.24, 2.45) is 5.73 Å². The van der Waals surface area contributed by atoms with Gasteiger partial charge in [-0.15, -0.1) is 11.8 Å². The van der Waals surface area contributed by atoms with Gasteiger partial charge in [0.1, 0.15) is 0 Å². The predicted octanol–water partition coefficient (Wildman–Crippen LogP) is 2.80. The second-order valence-electron chi connectivity index (χ2n) is 2.76. The zero-order chi connectivity index (χ0) is 10.6. The van der Waals surface area contributed by atoms with Crippen molar-refractivity contribution in [2.75, 3.05) is 0 Å². The molecule has 0 aliphatic carbocycles. The highest BCUT2D eigenvalue weighted by molar-refractivity contribution is 6.34. The minimum Gasteiger partial charge on any atom is -0.322 e. The molecule has 0 amide bonds. The average molecular weight is 229 g/mol. The van der Waals surface area contributed by atoms with E-state index in [0.29, 0.717) is 22.2 Å². The second-order valence-corrected chi connectivity index (χ2v) is 3.60. The van der Waals surface area contributed by atoms with Crippen LogP contribution < -0.4 is 5.73 Å². The van der Waals surface area contributed by atoms with Crippen molar-refractivity contribution >= 4 is 23.2 Å². The van der Waals surface area contributed by atoms with Crippen LogP contribution in [0.2, 0.25) is 10.0 Å². The Hall–Kier alpha value is -0.750. The van der Waals surface area contributed by atoms with Crippen LogP contribution in [-0.4, -0.2) is 4.98 Å². The highest BCUT2D eigenvalue weighted by Gasteiger charge is 2.10. The smallest absolute Gasteiger partial charge is 0.0767 e. The molecular formula is C10H10Cl2N2. The van der Waals surface area contributed by atoms with Crippen LogP contribution in [-0.2, 0) is 0 Å². The van der Waals surface area contributed by atoms with Gasteiger partial charge in [0.25, 0.3) is 0 Å². The van der Waals surface area contributed by atoms with E-state index in [4.69, 9.17) is 28.9 Å². The Morgan fingerprint density at radius 2 is 2.29 bits per heavy atom. The molecule has 0 aromatic carbocycles. The number of aromatic nitrogens is 1. The molecule has 0 aliphatic rings. The van der Waals surface area contributed by atoms with E-state index in [2.05, 4.69) is 16.8 Å². The largest absolute Gasteiger partial charge is 0.322 e. The lowest BCUT2D eigenvalue weighted by molar-refractivity contribution is 0.725. The zero-order valence-electron chi connectivity index (χ0n) is 7.72. The fourth-order valence-corrected chi connectivity index (χ4v) is 1.53. The molecule has 0 saturated heterocycles. The maximum absolute atomic E-state index is 5.93. The summed E-state index contributed by atoms with van der Waals surface area (Å²) in [6, 6.07) is 1.37. The average Bonchev–Trinajstić information content (AvgIpc) is 2.14. The van der Waals surface area contributed by atoms with Crippen LogP contribution in [0.15, 0.2) is 12.3 Å². The van der Waals surface area contributed by atoms with Gasteiger partial charge >= 0.3 is 0 Å². The van der Waals surface area contributed by atoms with E-state index in [-0.39, 0.29) is 6.04 Å². The quantitative estimate of drug-likeness (QED) is 0.792. The Labute approximate surface area is 93.4 Å². The molecule has 2 N–H and O–H groups in total. The van der Waals surface area contributed by atoms with Gasteiger partial charge in [-0.25, -0.2) is 0 Å². The molecule has 1 rings (SSSR count). The number of hydrogen-bond acceptors (Lipinski definition) is 2. The first kappa shape index (κ1) is 11.3. The summed E-state index contributed by atoms with van der Waals surface area (Å²) in [5, 5.41) is 0.996. The van der Waals surface area contributed by atoms with E-state index in [9.17, 15) is 0 Å². The van der Waals surface area contributed by atoms with Crippen LogP contribution in [0.1, 0.15) is 25.1 Å². The van der Waals surface area contributed by atoms with Gasteiger partial charge in [-0.3, -0.25) is 4.98 Å². The van der Waals surface area contributed by atoms with Gasteiger partial charge in [-0.05, 0) is 13.0 Å². The van der Waals surface area contributed by atoms with E-state index in [1.807, 2.05) is 0 Å². The zero-order valence-corrected chi connectivity index (χ0v) is 9.23. The first-order valence-corrected chi connectivity index (χ1v) is 4.87. The van der Waals surface area contributed by atoms with Gasteiger partial charge in [0.05, 0.1) is 21.8 Å². The molecule has 74 valence electrons. The lowest BCUT2D eigenvalue weighted by Crippen LogP contribution is -2.11. The molecule has 0 radical (unpaired) electrons. The molecule has 0 saturated carbocycles. The second kappa shape index (κ2) is 5.21. The molecular weight excluding hydrogens is 219 g/mol. The normalized spacial score (nSPS) is 11.7. The van der Waals surface area contributed by atoms with E-state index < -0.39 is 0 Å². The fourth-order valence-electron chi connectivity index (χ4n) is 1.01. The third kappa shape index (κ3) is 2.88. The van der Waals surface area contributed by atoms with E-state index in [1.54, 1.807) is 13.0 Å². The molecule has 4 heteroatoms. The van der Waals surface area contributed by atoms with Crippen LogP contribution in [0.3, 0.4) is 0 Å². The predicted molar refractivity (Wildman–Crippen MR) is 59.3 cm³/mol. The Morgan fingerprint density at radius 1 is 1.57 bits per heavy atom. The molecule has 1 atom stereocenters. The van der Waals surface area contributed by atoms with Gasteiger partial charge < -0.3 is 5.73 Å². The maximum Gasteiger partial charge on any atom is 0.0767 e. The summed E-state index contributed by atoms with van der Waals surface area (Å²) < 4.78 is 0.